The van der Waals surface area contributed by atoms with E-state index in [0.29, 0.717) is 22.2 Å². The summed E-state index contributed by atoms with van der Waals surface area (Å²) in [7, 11) is 0. The summed E-state index contributed by atoms with van der Waals surface area (Å²) >= 11 is 3.21. The van der Waals surface area contributed by atoms with Crippen LogP contribution in [0.5, 0.6) is 5.75 Å². The van der Waals surface area contributed by atoms with Crippen molar-refractivity contribution in [2.75, 3.05) is 0 Å². The number of rotatable bonds is 4. The zero-order chi connectivity index (χ0) is 13.7. The molecule has 96 valence electrons. The fraction of sp³-hybridized carbons (Fsp3) is 0.133. The van der Waals surface area contributed by atoms with Crippen molar-refractivity contribution in [1.29, 1.82) is 5.26 Å². The number of nitrogens with zero attached hydrogens (tertiary/aromatic N) is 1. The Morgan fingerprint density at radius 2 is 1.89 bits per heavy atom. The van der Waals surface area contributed by atoms with Crippen molar-refractivity contribution in [3.63, 3.8) is 0 Å². The van der Waals surface area contributed by atoms with Crippen LogP contribution in [-0.4, -0.2) is 0 Å². The van der Waals surface area contributed by atoms with E-state index in [9.17, 15) is 4.39 Å². The van der Waals surface area contributed by atoms with Crippen LogP contribution in [-0.2, 0) is 13.0 Å². The van der Waals surface area contributed by atoms with Gasteiger partial charge in [-0.3, -0.25) is 0 Å². The fourth-order valence-corrected chi connectivity index (χ4v) is 1.93. The van der Waals surface area contributed by atoms with E-state index in [2.05, 4.69) is 22.0 Å². The van der Waals surface area contributed by atoms with Crippen molar-refractivity contribution in [3.8, 4) is 11.8 Å². The third kappa shape index (κ3) is 3.80. The van der Waals surface area contributed by atoms with Crippen LogP contribution < -0.4 is 4.74 Å². The molecule has 0 atom stereocenters. The minimum atomic E-state index is -0.296. The van der Waals surface area contributed by atoms with E-state index in [-0.39, 0.29) is 12.4 Å². The summed E-state index contributed by atoms with van der Waals surface area (Å²) in [6.07, 6.45) is 0.377. The molecule has 2 nitrogen and oxygen atoms in total. The lowest BCUT2D eigenvalue weighted by Crippen LogP contribution is -1.98. The Bertz CT molecular complexity index is 605. The molecule has 4 heteroatoms. The highest BCUT2D eigenvalue weighted by Gasteiger charge is 2.03. The normalized spacial score (nSPS) is 9.95. The second kappa shape index (κ2) is 6.35. The molecule has 2 aromatic carbocycles. The number of ether oxygens (including phenoxy) is 1. The summed E-state index contributed by atoms with van der Waals surface area (Å²) in [5.41, 5.74) is 1.44. The van der Waals surface area contributed by atoms with Gasteiger partial charge in [-0.1, -0.05) is 34.1 Å². The Morgan fingerprint density at radius 3 is 2.53 bits per heavy atom. The van der Waals surface area contributed by atoms with Gasteiger partial charge in [0.25, 0.3) is 0 Å². The molecule has 0 amide bonds. The van der Waals surface area contributed by atoms with Crippen LogP contribution in [0, 0.1) is 17.1 Å². The van der Waals surface area contributed by atoms with Gasteiger partial charge in [0.1, 0.15) is 18.2 Å². The van der Waals surface area contributed by atoms with Crippen molar-refractivity contribution in [1.82, 2.24) is 0 Å². The average molecular weight is 320 g/mol. The van der Waals surface area contributed by atoms with Gasteiger partial charge in [0.15, 0.2) is 0 Å². The third-order valence-electron chi connectivity index (χ3n) is 2.62. The van der Waals surface area contributed by atoms with Crippen LogP contribution in [0.25, 0.3) is 0 Å². The minimum absolute atomic E-state index is 0.177. The van der Waals surface area contributed by atoms with E-state index in [0.717, 1.165) is 5.56 Å². The van der Waals surface area contributed by atoms with Gasteiger partial charge >= 0.3 is 0 Å². The van der Waals surface area contributed by atoms with Gasteiger partial charge in [-0.2, -0.15) is 5.26 Å². The Balaban J connectivity index is 2.00. The lowest BCUT2D eigenvalue weighted by molar-refractivity contribution is 0.299. The quantitative estimate of drug-likeness (QED) is 0.844. The molecule has 2 aromatic rings. The van der Waals surface area contributed by atoms with Crippen molar-refractivity contribution in [3.05, 3.63) is 63.9 Å². The van der Waals surface area contributed by atoms with Crippen molar-refractivity contribution >= 4 is 15.9 Å². The summed E-state index contributed by atoms with van der Waals surface area (Å²) in [5.74, 6) is 0.361. The van der Waals surface area contributed by atoms with Crippen LogP contribution >= 0.6 is 15.9 Å². The first-order valence-corrected chi connectivity index (χ1v) is 6.51. The molecule has 0 saturated heterocycles. The molecule has 0 saturated carbocycles. The molecule has 0 aliphatic heterocycles. The third-order valence-corrected chi connectivity index (χ3v) is 3.11. The molecule has 0 radical (unpaired) electrons. The van der Waals surface area contributed by atoms with Gasteiger partial charge in [-0.05, 0) is 29.8 Å². The highest BCUT2D eigenvalue weighted by Crippen LogP contribution is 2.18. The summed E-state index contributed by atoms with van der Waals surface area (Å²) in [5, 5.41) is 8.57. The van der Waals surface area contributed by atoms with Gasteiger partial charge in [0, 0.05) is 10.0 Å². The first-order chi connectivity index (χ1) is 9.19. The van der Waals surface area contributed by atoms with E-state index in [1.54, 1.807) is 24.3 Å². The first kappa shape index (κ1) is 13.6. The van der Waals surface area contributed by atoms with Gasteiger partial charge < -0.3 is 4.74 Å². The Kier molecular flexibility index (Phi) is 4.53. The minimum Gasteiger partial charge on any atom is -0.489 e. The molecule has 0 unspecified atom stereocenters. The van der Waals surface area contributed by atoms with Crippen molar-refractivity contribution < 1.29 is 9.13 Å². The maximum Gasteiger partial charge on any atom is 0.130 e. The van der Waals surface area contributed by atoms with Crippen LogP contribution in [0.2, 0.25) is 0 Å². The Morgan fingerprint density at radius 1 is 1.16 bits per heavy atom. The molecule has 0 N–H and O–H groups in total. The molecule has 0 aromatic heterocycles. The molecule has 19 heavy (non-hydrogen) atoms. The zero-order valence-electron chi connectivity index (χ0n) is 10.1. The molecule has 0 heterocycles. The largest absolute Gasteiger partial charge is 0.489 e. The smallest absolute Gasteiger partial charge is 0.130 e. The number of halogens is 2. The average Bonchev–Trinajstić information content (AvgIpc) is 2.40. The maximum absolute atomic E-state index is 13.6. The van der Waals surface area contributed by atoms with Crippen molar-refractivity contribution in [2.45, 2.75) is 13.0 Å². The van der Waals surface area contributed by atoms with Gasteiger partial charge in [0.2, 0.25) is 0 Å². The van der Waals surface area contributed by atoms with Crippen LogP contribution in [0.4, 0.5) is 4.39 Å². The molecule has 0 aliphatic rings. The molecule has 0 fully saturated rings. The topological polar surface area (TPSA) is 33.0 Å². The van der Waals surface area contributed by atoms with Gasteiger partial charge in [-0.15, -0.1) is 0 Å². The molecule has 0 spiro atoms. The van der Waals surface area contributed by atoms with E-state index in [1.165, 1.54) is 6.07 Å². The number of benzene rings is 2. The fourth-order valence-electron chi connectivity index (χ4n) is 1.59. The van der Waals surface area contributed by atoms with E-state index in [4.69, 9.17) is 10.00 Å². The lowest BCUT2D eigenvalue weighted by Gasteiger charge is -2.07. The molecular formula is C15H11BrFNO. The van der Waals surface area contributed by atoms with Gasteiger partial charge in [-0.25, -0.2) is 4.39 Å². The number of nitriles is 1. The first-order valence-electron chi connectivity index (χ1n) is 5.71. The SMILES string of the molecule is N#CCc1ccc(OCc2ccc(Br)cc2F)cc1. The monoisotopic (exact) mass is 319 g/mol. The lowest BCUT2D eigenvalue weighted by atomic mass is 10.1. The van der Waals surface area contributed by atoms with Crippen LogP contribution in [0.15, 0.2) is 46.9 Å². The van der Waals surface area contributed by atoms with E-state index in [1.807, 2.05) is 12.1 Å². The van der Waals surface area contributed by atoms with Crippen molar-refractivity contribution in [2.24, 2.45) is 0 Å². The number of hydrogen-bond acceptors (Lipinski definition) is 2. The summed E-state index contributed by atoms with van der Waals surface area (Å²) in [4.78, 5) is 0. The summed E-state index contributed by atoms with van der Waals surface area (Å²) in [6.45, 7) is 0.177. The zero-order valence-corrected chi connectivity index (χ0v) is 11.7. The predicted octanol–water partition coefficient (Wildman–Crippen LogP) is 4.23. The summed E-state index contributed by atoms with van der Waals surface area (Å²) < 4.78 is 19.8. The molecular weight excluding hydrogens is 309 g/mol. The Hall–Kier alpha value is -1.86. The second-order valence-electron chi connectivity index (χ2n) is 4.00. The molecule has 0 bridgehead atoms. The Labute approximate surface area is 119 Å². The number of hydrogen-bond donors (Lipinski definition) is 0. The van der Waals surface area contributed by atoms with Gasteiger partial charge in [0.05, 0.1) is 12.5 Å². The predicted molar refractivity (Wildman–Crippen MR) is 74.2 cm³/mol. The van der Waals surface area contributed by atoms with E-state index >= 15 is 0 Å². The second-order valence-corrected chi connectivity index (χ2v) is 4.92. The summed E-state index contributed by atoms with van der Waals surface area (Å²) in [6, 6.07) is 14.2. The highest BCUT2D eigenvalue weighted by molar-refractivity contribution is 9.10. The van der Waals surface area contributed by atoms with Crippen LogP contribution in [0.1, 0.15) is 11.1 Å². The molecule has 2 rings (SSSR count). The van der Waals surface area contributed by atoms with Crippen LogP contribution in [0.3, 0.4) is 0 Å². The standard InChI is InChI=1S/C15H11BrFNO/c16-13-4-3-12(15(17)9-13)10-19-14-5-1-11(2-6-14)7-8-18/h1-6,9H,7,10H2. The van der Waals surface area contributed by atoms with E-state index < -0.39 is 0 Å². The highest BCUT2D eigenvalue weighted by atomic mass is 79.9. The molecule has 0 aliphatic carbocycles. The maximum atomic E-state index is 13.6.